The average Bonchev–Trinajstić information content (AvgIpc) is 3.03. The number of likely N-dealkylation sites (tertiary alicyclic amines) is 1. The number of hydrogen-bond donors (Lipinski definition) is 2. The SMILES string of the molecule is CC(=O)NC1CN(C(C(=O)O)C(C)C)C1=O.c1cc2cc-2c1. The largest absolute Gasteiger partial charge is 0.480 e. The van der Waals surface area contributed by atoms with Gasteiger partial charge in [-0.3, -0.25) is 9.59 Å². The van der Waals surface area contributed by atoms with E-state index in [4.69, 9.17) is 5.11 Å². The molecule has 3 aliphatic rings. The number of carbonyl (C=O) groups is 3. The summed E-state index contributed by atoms with van der Waals surface area (Å²) in [6.45, 7) is 5.09. The number of carboxylic acid groups (broad SMARTS) is 1. The van der Waals surface area contributed by atoms with Crippen LogP contribution in [0.5, 0.6) is 0 Å². The van der Waals surface area contributed by atoms with Crippen LogP contribution in [0, 0.1) is 5.92 Å². The van der Waals surface area contributed by atoms with Crippen molar-refractivity contribution in [2.75, 3.05) is 6.54 Å². The van der Waals surface area contributed by atoms with Crippen LogP contribution in [0.1, 0.15) is 20.8 Å². The van der Waals surface area contributed by atoms with Crippen LogP contribution >= 0.6 is 0 Å². The summed E-state index contributed by atoms with van der Waals surface area (Å²) >= 11 is 0. The number of aliphatic carboxylic acids is 1. The van der Waals surface area contributed by atoms with Crippen LogP contribution < -0.4 is 5.32 Å². The molecule has 0 radical (unpaired) electrons. The predicted octanol–water partition coefficient (Wildman–Crippen LogP) is 1.11. The minimum Gasteiger partial charge on any atom is -0.480 e. The van der Waals surface area contributed by atoms with Gasteiger partial charge >= 0.3 is 5.97 Å². The lowest BCUT2D eigenvalue weighted by Crippen LogP contribution is -2.68. The van der Waals surface area contributed by atoms with Gasteiger partial charge in [0.25, 0.3) is 0 Å². The third-order valence-electron chi connectivity index (χ3n) is 3.67. The molecule has 2 atom stereocenters. The quantitative estimate of drug-likeness (QED) is 0.828. The zero-order chi connectivity index (χ0) is 16.4. The number of fused-ring (bicyclic) bond motifs is 1. The summed E-state index contributed by atoms with van der Waals surface area (Å²) in [5, 5.41) is 11.5. The lowest BCUT2D eigenvalue weighted by Gasteiger charge is -2.43. The molecule has 6 heteroatoms. The fourth-order valence-corrected chi connectivity index (χ4v) is 2.51. The second kappa shape index (κ2) is 6.17. The molecule has 0 aromatic rings. The molecule has 1 fully saturated rings. The first-order chi connectivity index (χ1) is 10.3. The van der Waals surface area contributed by atoms with Crippen molar-refractivity contribution >= 4 is 17.8 Å². The highest BCUT2D eigenvalue weighted by Gasteiger charge is 2.44. The van der Waals surface area contributed by atoms with E-state index in [1.54, 1.807) is 13.8 Å². The summed E-state index contributed by atoms with van der Waals surface area (Å²) in [6.07, 6.45) is 0. The maximum atomic E-state index is 11.6. The topological polar surface area (TPSA) is 86.7 Å². The lowest BCUT2D eigenvalue weighted by atomic mass is 9.96. The smallest absolute Gasteiger partial charge is 0.326 e. The molecule has 1 aliphatic heterocycles. The molecular formula is C16H20N2O4. The predicted molar refractivity (Wildman–Crippen MR) is 81.0 cm³/mol. The zero-order valence-corrected chi connectivity index (χ0v) is 12.9. The van der Waals surface area contributed by atoms with Crippen molar-refractivity contribution in [1.82, 2.24) is 10.2 Å². The second-order valence-corrected chi connectivity index (χ2v) is 5.85. The van der Waals surface area contributed by atoms with Gasteiger partial charge in [-0.1, -0.05) is 32.0 Å². The third kappa shape index (κ3) is 3.44. The highest BCUT2D eigenvalue weighted by Crippen LogP contribution is 2.32. The van der Waals surface area contributed by atoms with Crippen molar-refractivity contribution in [3.8, 4) is 11.1 Å². The molecule has 2 unspecified atom stereocenters. The maximum absolute atomic E-state index is 11.6. The van der Waals surface area contributed by atoms with E-state index in [9.17, 15) is 14.4 Å². The lowest BCUT2D eigenvalue weighted by molar-refractivity contribution is -0.161. The molecule has 2 N–H and O–H groups in total. The van der Waals surface area contributed by atoms with Crippen molar-refractivity contribution in [2.24, 2.45) is 5.92 Å². The standard InChI is InChI=1S/C10H16N2O4.C6H4/c1-5(2)8(10(15)16)12-4-7(9(12)14)11-6(3)13;1-2-5-4-6(5)3-1/h5,7-8H,4H2,1-3H3,(H,11,13)(H,15,16);1-4H. The molecule has 22 heavy (non-hydrogen) atoms. The number of carbonyl (C=O) groups excluding carboxylic acids is 2. The van der Waals surface area contributed by atoms with Crippen LogP contribution in [0.4, 0.5) is 0 Å². The Kier molecular flexibility index (Phi) is 4.49. The number of nitrogens with one attached hydrogen (secondary N) is 1. The Hall–Kier alpha value is -2.37. The number of carboxylic acids is 1. The van der Waals surface area contributed by atoms with Crippen LogP contribution in [0.2, 0.25) is 0 Å². The molecule has 1 saturated heterocycles. The summed E-state index contributed by atoms with van der Waals surface area (Å²) in [7, 11) is 0. The molecular weight excluding hydrogens is 284 g/mol. The van der Waals surface area contributed by atoms with Crippen LogP contribution in [0.25, 0.3) is 11.1 Å². The molecule has 3 rings (SSSR count). The Bertz CT molecular complexity index is 595. The van der Waals surface area contributed by atoms with Gasteiger partial charge in [0.2, 0.25) is 11.8 Å². The molecule has 0 spiro atoms. The van der Waals surface area contributed by atoms with Gasteiger partial charge < -0.3 is 15.3 Å². The summed E-state index contributed by atoms with van der Waals surface area (Å²) in [4.78, 5) is 34.6. The Balaban J connectivity index is 0.000000238. The van der Waals surface area contributed by atoms with Gasteiger partial charge in [-0.05, 0) is 23.1 Å². The molecule has 1 heterocycles. The van der Waals surface area contributed by atoms with Crippen LogP contribution in [-0.2, 0) is 14.4 Å². The molecule has 0 bridgehead atoms. The average molecular weight is 304 g/mol. The second-order valence-electron chi connectivity index (χ2n) is 5.85. The van der Waals surface area contributed by atoms with E-state index in [2.05, 4.69) is 29.6 Å². The van der Waals surface area contributed by atoms with Gasteiger partial charge in [-0.2, -0.15) is 0 Å². The van der Waals surface area contributed by atoms with Crippen molar-refractivity contribution < 1.29 is 19.5 Å². The minimum atomic E-state index is -1.01. The Morgan fingerprint density at radius 2 is 1.91 bits per heavy atom. The fraction of sp³-hybridized carbons (Fsp3) is 0.438. The van der Waals surface area contributed by atoms with Crippen LogP contribution in [0.3, 0.4) is 0 Å². The van der Waals surface area contributed by atoms with Crippen LogP contribution in [0.15, 0.2) is 24.3 Å². The summed E-state index contributed by atoms with van der Waals surface area (Å²) in [6, 6.07) is 7.12. The molecule has 2 amide bonds. The Morgan fingerprint density at radius 3 is 2.18 bits per heavy atom. The van der Waals surface area contributed by atoms with Crippen molar-refractivity contribution in [1.29, 1.82) is 0 Å². The number of nitrogens with zero attached hydrogens (tertiary/aromatic N) is 1. The summed E-state index contributed by atoms with van der Waals surface area (Å²) < 4.78 is 0. The van der Waals surface area contributed by atoms with E-state index < -0.39 is 18.1 Å². The van der Waals surface area contributed by atoms with E-state index in [0.29, 0.717) is 0 Å². The molecule has 0 aromatic heterocycles. The van der Waals surface area contributed by atoms with E-state index in [1.807, 2.05) is 0 Å². The Morgan fingerprint density at radius 1 is 1.32 bits per heavy atom. The first kappa shape index (κ1) is 16.0. The van der Waals surface area contributed by atoms with Crippen molar-refractivity contribution in [2.45, 2.75) is 32.9 Å². The van der Waals surface area contributed by atoms with Crippen LogP contribution in [-0.4, -0.2) is 46.4 Å². The first-order valence-electron chi connectivity index (χ1n) is 7.22. The number of rotatable bonds is 4. The number of benzene rings is 1. The summed E-state index contributed by atoms with van der Waals surface area (Å²) in [5.74, 6) is -1.77. The number of amides is 2. The maximum Gasteiger partial charge on any atom is 0.326 e. The van der Waals surface area contributed by atoms with Gasteiger partial charge in [0.1, 0.15) is 12.1 Å². The van der Waals surface area contributed by atoms with E-state index in [1.165, 1.54) is 23.0 Å². The van der Waals surface area contributed by atoms with Gasteiger partial charge in [0.05, 0.1) is 6.54 Å². The van der Waals surface area contributed by atoms with E-state index in [0.717, 1.165) is 0 Å². The van der Waals surface area contributed by atoms with E-state index in [-0.39, 0.29) is 24.3 Å². The van der Waals surface area contributed by atoms with Gasteiger partial charge in [0, 0.05) is 6.92 Å². The molecule has 0 saturated carbocycles. The first-order valence-corrected chi connectivity index (χ1v) is 7.22. The normalized spacial score (nSPS) is 18.8. The van der Waals surface area contributed by atoms with Gasteiger partial charge in [-0.15, -0.1) is 0 Å². The van der Waals surface area contributed by atoms with Gasteiger partial charge in [-0.25, -0.2) is 4.79 Å². The molecule has 6 nitrogen and oxygen atoms in total. The Labute approximate surface area is 129 Å². The number of β-lactam (4-membered cyclic amide) rings is 1. The molecule has 0 aromatic carbocycles. The molecule has 118 valence electrons. The molecule has 2 aliphatic carbocycles. The van der Waals surface area contributed by atoms with Gasteiger partial charge in [0.15, 0.2) is 0 Å². The van der Waals surface area contributed by atoms with E-state index >= 15 is 0 Å². The monoisotopic (exact) mass is 304 g/mol. The zero-order valence-electron chi connectivity index (χ0n) is 12.9. The fourth-order valence-electron chi connectivity index (χ4n) is 2.51. The van der Waals surface area contributed by atoms with Crippen molar-refractivity contribution in [3.05, 3.63) is 24.3 Å². The number of hydrogen-bond acceptors (Lipinski definition) is 3. The minimum absolute atomic E-state index is 0.153. The highest BCUT2D eigenvalue weighted by molar-refractivity contribution is 5.94. The third-order valence-corrected chi connectivity index (χ3v) is 3.67. The highest BCUT2D eigenvalue weighted by atomic mass is 16.4. The van der Waals surface area contributed by atoms with Crippen molar-refractivity contribution in [3.63, 3.8) is 0 Å². The summed E-state index contributed by atoms with van der Waals surface area (Å²) in [5.41, 5.74) is 2.85.